The largest absolute Gasteiger partial charge is 0.480 e. The van der Waals surface area contributed by atoms with Gasteiger partial charge in [-0.05, 0) is 36.2 Å². The lowest BCUT2D eigenvalue weighted by Gasteiger charge is -2.18. The van der Waals surface area contributed by atoms with E-state index in [0.29, 0.717) is 39.4 Å². The van der Waals surface area contributed by atoms with Gasteiger partial charge in [-0.25, -0.2) is 4.79 Å². The highest BCUT2D eigenvalue weighted by molar-refractivity contribution is 7.80. The molecule has 2 atom stereocenters. The molecule has 1 heterocycles. The maximum absolute atomic E-state index is 10.9. The van der Waals surface area contributed by atoms with Crippen molar-refractivity contribution in [1.29, 1.82) is 0 Å². The summed E-state index contributed by atoms with van der Waals surface area (Å²) < 4.78 is 0. The Bertz CT molecular complexity index is 1070. The number of nitrogens with zero attached hydrogens (tertiary/aromatic N) is 1. The van der Waals surface area contributed by atoms with Gasteiger partial charge in [-0.1, -0.05) is 59.2 Å². The molecule has 188 valence electrons. The zero-order valence-electron chi connectivity index (χ0n) is 18.6. The summed E-state index contributed by atoms with van der Waals surface area (Å²) in [5, 5.41) is 22.2. The molecule has 0 saturated carbocycles. The second kappa shape index (κ2) is 13.0. The number of likely N-dealkylation sites (tertiary alicyclic amines) is 1. The summed E-state index contributed by atoms with van der Waals surface area (Å²) in [6, 6.07) is 9.00. The van der Waals surface area contributed by atoms with Gasteiger partial charge in [-0.3, -0.25) is 9.59 Å². The standard InChI is InChI=1S/C16H15Cl3N2O2.C7H9NO3S/c17-10-6-13(18)12(14(19)7-10)8-21-11-3-1-9(2-4-11)5-15(20)16(22)23;1-4(9)8-3-5(12)2-6(8)7(10)11/h1-4,6-7,15,21H,5,8,20H2,(H,22,23);6H,2-3H2,1H3,(H,10,11)/t15-;6-/m00/s1. The number of anilines is 1. The van der Waals surface area contributed by atoms with E-state index in [1.807, 2.05) is 24.3 Å². The van der Waals surface area contributed by atoms with E-state index in [0.717, 1.165) is 16.8 Å². The van der Waals surface area contributed by atoms with E-state index in [1.165, 1.54) is 11.8 Å². The fourth-order valence-electron chi connectivity index (χ4n) is 3.27. The average Bonchev–Trinajstić information content (AvgIpc) is 3.17. The summed E-state index contributed by atoms with van der Waals surface area (Å²) in [6.45, 7) is 2.11. The monoisotopic (exact) mass is 559 g/mol. The fraction of sp³-hybridized carbons (Fsp3) is 0.304. The number of hydrogen-bond donors (Lipinski definition) is 4. The Hall–Kier alpha value is -2.43. The molecule has 35 heavy (non-hydrogen) atoms. The normalized spacial score (nSPS) is 15.7. The molecule has 5 N–H and O–H groups in total. The quantitative estimate of drug-likeness (QED) is 0.369. The minimum atomic E-state index is -1.01. The van der Waals surface area contributed by atoms with Crippen molar-refractivity contribution in [2.75, 3.05) is 11.9 Å². The number of carboxylic acid groups (broad SMARTS) is 2. The minimum absolute atomic E-state index is 0.234. The molecule has 0 aliphatic carbocycles. The number of nitrogens with two attached hydrogens (primary N) is 1. The molecule has 2 aromatic rings. The van der Waals surface area contributed by atoms with Gasteiger partial charge in [0.1, 0.15) is 12.1 Å². The van der Waals surface area contributed by atoms with Crippen molar-refractivity contribution >= 4 is 75.4 Å². The summed E-state index contributed by atoms with van der Waals surface area (Å²) in [6.07, 6.45) is 0.592. The van der Waals surface area contributed by atoms with Crippen LogP contribution in [0.15, 0.2) is 36.4 Å². The zero-order chi connectivity index (χ0) is 26.3. The van der Waals surface area contributed by atoms with Crippen LogP contribution in [0.3, 0.4) is 0 Å². The van der Waals surface area contributed by atoms with Gasteiger partial charge < -0.3 is 26.2 Å². The predicted molar refractivity (Wildman–Crippen MR) is 141 cm³/mol. The average molecular weight is 561 g/mol. The molecule has 0 radical (unpaired) electrons. The van der Waals surface area contributed by atoms with Crippen LogP contribution in [0.1, 0.15) is 24.5 Å². The van der Waals surface area contributed by atoms with Crippen molar-refractivity contribution in [2.24, 2.45) is 5.73 Å². The lowest BCUT2D eigenvalue weighted by molar-refractivity contribution is -0.147. The van der Waals surface area contributed by atoms with Crippen molar-refractivity contribution in [1.82, 2.24) is 4.90 Å². The molecular formula is C23H24Cl3N3O5S. The number of amides is 1. The van der Waals surface area contributed by atoms with Gasteiger partial charge in [0.2, 0.25) is 5.91 Å². The Morgan fingerprint density at radius 1 is 1.14 bits per heavy atom. The number of halogens is 3. The van der Waals surface area contributed by atoms with Crippen LogP contribution >= 0.6 is 47.0 Å². The van der Waals surface area contributed by atoms with Crippen molar-refractivity contribution in [3.63, 3.8) is 0 Å². The number of nitrogens with one attached hydrogen (secondary N) is 1. The number of aliphatic carboxylic acids is 2. The van der Waals surface area contributed by atoms with Crippen LogP contribution in [0.2, 0.25) is 15.1 Å². The summed E-state index contributed by atoms with van der Waals surface area (Å²) in [4.78, 5) is 34.2. The smallest absolute Gasteiger partial charge is 0.326 e. The Balaban J connectivity index is 0.000000303. The molecule has 1 amide bonds. The highest BCUT2D eigenvalue weighted by Crippen LogP contribution is 2.29. The first-order valence-electron chi connectivity index (χ1n) is 10.3. The number of carboxylic acids is 2. The van der Waals surface area contributed by atoms with Crippen LogP contribution in [-0.2, 0) is 27.3 Å². The van der Waals surface area contributed by atoms with E-state index in [2.05, 4.69) is 5.32 Å². The fourth-order valence-corrected chi connectivity index (χ4v) is 4.52. The summed E-state index contributed by atoms with van der Waals surface area (Å²) in [5.41, 5.74) is 7.99. The third-order valence-corrected chi connectivity index (χ3v) is 6.32. The highest BCUT2D eigenvalue weighted by Gasteiger charge is 2.34. The van der Waals surface area contributed by atoms with Crippen molar-refractivity contribution in [3.8, 4) is 0 Å². The Morgan fingerprint density at radius 2 is 1.71 bits per heavy atom. The Kier molecular flexibility index (Phi) is 10.7. The van der Waals surface area contributed by atoms with Gasteiger partial charge in [-0.2, -0.15) is 0 Å². The maximum atomic E-state index is 10.9. The molecule has 1 fully saturated rings. The lowest BCUT2D eigenvalue weighted by atomic mass is 10.1. The molecular weight excluding hydrogens is 537 g/mol. The molecule has 8 nitrogen and oxygen atoms in total. The second-order valence-corrected chi connectivity index (χ2v) is 9.62. The maximum Gasteiger partial charge on any atom is 0.326 e. The predicted octanol–water partition coefficient (Wildman–Crippen LogP) is 4.28. The summed E-state index contributed by atoms with van der Waals surface area (Å²) >= 11 is 23.0. The first kappa shape index (κ1) is 28.8. The molecule has 1 aliphatic rings. The van der Waals surface area contributed by atoms with Crippen molar-refractivity contribution in [3.05, 3.63) is 62.6 Å². The Labute approximate surface area is 222 Å². The molecule has 0 aromatic heterocycles. The van der Waals surface area contributed by atoms with E-state index in [4.69, 9.17) is 63.0 Å². The number of thiocarbonyl (C=S) groups is 1. The van der Waals surface area contributed by atoms with Crippen LogP contribution < -0.4 is 11.1 Å². The number of carbonyl (C=O) groups excluding carboxylic acids is 1. The molecule has 1 saturated heterocycles. The SMILES string of the molecule is CC(=O)N1CC(=S)C[C@H]1C(=O)O.N[C@@H](Cc1ccc(NCc2c(Cl)cc(Cl)cc2Cl)cc1)C(=O)O. The van der Waals surface area contributed by atoms with E-state index in [1.54, 1.807) is 12.1 Å². The van der Waals surface area contributed by atoms with Crippen molar-refractivity contribution in [2.45, 2.75) is 38.4 Å². The van der Waals surface area contributed by atoms with Crippen LogP contribution in [0.25, 0.3) is 0 Å². The van der Waals surface area contributed by atoms with Gasteiger partial charge in [0, 0.05) is 51.1 Å². The van der Waals surface area contributed by atoms with Crippen LogP contribution in [0, 0.1) is 0 Å². The summed E-state index contributed by atoms with van der Waals surface area (Å²) in [7, 11) is 0. The molecule has 2 aromatic carbocycles. The Morgan fingerprint density at radius 3 is 2.17 bits per heavy atom. The van der Waals surface area contributed by atoms with Crippen LogP contribution in [-0.4, -0.2) is 56.5 Å². The van der Waals surface area contributed by atoms with Crippen molar-refractivity contribution < 1.29 is 24.6 Å². The van der Waals surface area contributed by atoms with E-state index in [9.17, 15) is 14.4 Å². The number of carbonyl (C=O) groups is 3. The molecule has 0 unspecified atom stereocenters. The number of benzene rings is 2. The lowest BCUT2D eigenvalue weighted by Crippen LogP contribution is -2.39. The molecule has 3 rings (SSSR count). The van der Waals surface area contributed by atoms with Gasteiger partial charge in [-0.15, -0.1) is 0 Å². The van der Waals surface area contributed by atoms with Gasteiger partial charge >= 0.3 is 11.9 Å². The van der Waals surface area contributed by atoms with Crippen LogP contribution in [0.5, 0.6) is 0 Å². The third kappa shape index (κ3) is 8.63. The molecule has 12 heteroatoms. The summed E-state index contributed by atoms with van der Waals surface area (Å²) in [5.74, 6) is -2.23. The van der Waals surface area contributed by atoms with Crippen LogP contribution in [0.4, 0.5) is 5.69 Å². The molecule has 0 spiro atoms. The van der Waals surface area contributed by atoms with E-state index in [-0.39, 0.29) is 12.3 Å². The first-order valence-corrected chi connectivity index (χ1v) is 11.9. The van der Waals surface area contributed by atoms with Gasteiger partial charge in [0.15, 0.2) is 0 Å². The first-order chi connectivity index (χ1) is 16.4. The second-order valence-electron chi connectivity index (χ2n) is 7.79. The van der Waals surface area contributed by atoms with E-state index >= 15 is 0 Å². The topological polar surface area (TPSA) is 133 Å². The minimum Gasteiger partial charge on any atom is -0.480 e. The number of rotatable bonds is 7. The highest BCUT2D eigenvalue weighted by atomic mass is 35.5. The third-order valence-electron chi connectivity index (χ3n) is 5.14. The number of hydrogen-bond acceptors (Lipinski definition) is 6. The molecule has 0 bridgehead atoms. The van der Waals surface area contributed by atoms with E-state index < -0.39 is 24.0 Å². The molecule has 1 aliphatic heterocycles. The van der Waals surface area contributed by atoms with Gasteiger partial charge in [0.05, 0.1) is 6.54 Å². The van der Waals surface area contributed by atoms with Gasteiger partial charge in [0.25, 0.3) is 0 Å². The zero-order valence-corrected chi connectivity index (χ0v) is 21.7.